The van der Waals surface area contributed by atoms with Crippen molar-refractivity contribution in [1.82, 2.24) is 9.55 Å². The van der Waals surface area contributed by atoms with Gasteiger partial charge in [0.1, 0.15) is 11.8 Å². The van der Waals surface area contributed by atoms with Gasteiger partial charge in [-0.1, -0.05) is 38.4 Å². The molecule has 18 heavy (non-hydrogen) atoms. The van der Waals surface area contributed by atoms with Gasteiger partial charge in [0.25, 0.3) is 0 Å². The van der Waals surface area contributed by atoms with Gasteiger partial charge >= 0.3 is 5.82 Å². The number of nitriles is 1. The molecule has 0 fully saturated rings. The fraction of sp³-hybridized carbons (Fsp3) is 0.0833. The number of halogens is 2. The predicted octanol–water partition coefficient (Wildman–Crippen LogP) is 3.88. The van der Waals surface area contributed by atoms with E-state index in [1.807, 2.05) is 24.3 Å². The summed E-state index contributed by atoms with van der Waals surface area (Å²) in [6.07, 6.45) is 1.51. The van der Waals surface area contributed by atoms with Gasteiger partial charge in [-0.2, -0.15) is 5.26 Å². The summed E-state index contributed by atoms with van der Waals surface area (Å²) in [4.78, 5) is 7.13. The van der Waals surface area contributed by atoms with Gasteiger partial charge in [0, 0.05) is 8.95 Å². The highest BCUT2D eigenvalue weighted by molar-refractivity contribution is 9.11. The van der Waals surface area contributed by atoms with E-state index in [1.165, 1.54) is 6.33 Å². The van der Waals surface area contributed by atoms with Gasteiger partial charge in [-0.3, -0.25) is 0 Å². The fourth-order valence-electron chi connectivity index (χ4n) is 1.59. The third-order valence-electron chi connectivity index (χ3n) is 2.31. The molecule has 0 N–H and O–H groups in total. The third kappa shape index (κ3) is 2.61. The summed E-state index contributed by atoms with van der Waals surface area (Å²) in [6.45, 7) is 7.44. The minimum Gasteiger partial charge on any atom is -0.358 e. The number of imidazole rings is 1. The lowest BCUT2D eigenvalue weighted by atomic mass is 10.2. The van der Waals surface area contributed by atoms with Crippen molar-refractivity contribution in [2.24, 2.45) is 0 Å². The molecule has 88 valence electrons. The summed E-state index contributed by atoms with van der Waals surface area (Å²) >= 11 is 6.82. The molecule has 2 rings (SSSR count). The first-order chi connectivity index (χ1) is 8.63. The molecule has 4 nitrogen and oxygen atoms in total. The topological polar surface area (TPSA) is 46.0 Å². The normalized spacial score (nSPS) is 9.78. The Morgan fingerprint density at radius 2 is 2.00 bits per heavy atom. The van der Waals surface area contributed by atoms with Gasteiger partial charge < -0.3 is 9.41 Å². The van der Waals surface area contributed by atoms with Crippen molar-refractivity contribution >= 4 is 37.7 Å². The molecule has 1 aromatic carbocycles. The van der Waals surface area contributed by atoms with Crippen molar-refractivity contribution in [1.29, 1.82) is 5.26 Å². The molecule has 0 unspecified atom stereocenters. The second-order valence-electron chi connectivity index (χ2n) is 3.55. The average molecular weight is 366 g/mol. The van der Waals surface area contributed by atoms with Crippen molar-refractivity contribution in [3.05, 3.63) is 56.1 Å². The van der Waals surface area contributed by atoms with Gasteiger partial charge in [-0.15, -0.1) is 4.98 Å². The SMILES string of the molecule is [C-]#[N+]c1ncn(Cc2cc(Br)cc(Br)c2)c1C#N. The second kappa shape index (κ2) is 5.34. The standard InChI is InChI=1S/C12H6Br2N4/c1-16-12-11(5-15)18(7-17-12)6-8-2-9(13)4-10(14)3-8/h2-4,7H,6H2. The van der Waals surface area contributed by atoms with Gasteiger partial charge in [-0.05, 0) is 23.8 Å². The van der Waals surface area contributed by atoms with Crippen molar-refractivity contribution in [2.45, 2.75) is 6.54 Å². The van der Waals surface area contributed by atoms with Crippen molar-refractivity contribution in [3.63, 3.8) is 0 Å². The molecular formula is C12H6Br2N4. The van der Waals surface area contributed by atoms with E-state index in [4.69, 9.17) is 11.8 Å². The summed E-state index contributed by atoms with van der Waals surface area (Å²) in [7, 11) is 0. The molecule has 2 aromatic rings. The van der Waals surface area contributed by atoms with Crippen molar-refractivity contribution < 1.29 is 0 Å². The smallest absolute Gasteiger partial charge is 0.305 e. The van der Waals surface area contributed by atoms with E-state index in [-0.39, 0.29) is 5.82 Å². The van der Waals surface area contributed by atoms with Crippen LogP contribution >= 0.6 is 31.9 Å². The van der Waals surface area contributed by atoms with Crippen molar-refractivity contribution in [2.75, 3.05) is 0 Å². The second-order valence-corrected chi connectivity index (χ2v) is 5.38. The van der Waals surface area contributed by atoms with Crippen LogP contribution in [0.1, 0.15) is 11.3 Å². The Labute approximate surface area is 121 Å². The Hall–Kier alpha value is -1.63. The van der Waals surface area contributed by atoms with Crippen LogP contribution in [-0.2, 0) is 6.54 Å². The lowest BCUT2D eigenvalue weighted by Crippen LogP contribution is -2.00. The highest BCUT2D eigenvalue weighted by Gasteiger charge is 2.11. The van der Waals surface area contributed by atoms with Crippen LogP contribution in [0.3, 0.4) is 0 Å². The Morgan fingerprint density at radius 3 is 2.56 bits per heavy atom. The minimum absolute atomic E-state index is 0.145. The summed E-state index contributed by atoms with van der Waals surface area (Å²) in [6, 6.07) is 7.87. The molecule has 0 saturated heterocycles. The van der Waals surface area contributed by atoms with E-state index in [9.17, 15) is 0 Å². The summed E-state index contributed by atoms with van der Waals surface area (Å²) in [5.74, 6) is 0.145. The zero-order valence-electron chi connectivity index (χ0n) is 9.06. The molecule has 0 bridgehead atoms. The lowest BCUT2D eigenvalue weighted by molar-refractivity contribution is 0.785. The van der Waals surface area contributed by atoms with Crippen LogP contribution in [0.5, 0.6) is 0 Å². The first kappa shape index (κ1) is 12.8. The maximum atomic E-state index is 9.03. The predicted molar refractivity (Wildman–Crippen MR) is 74.1 cm³/mol. The number of benzene rings is 1. The Morgan fingerprint density at radius 1 is 1.33 bits per heavy atom. The first-order valence-electron chi connectivity index (χ1n) is 4.91. The van der Waals surface area contributed by atoms with Crippen molar-refractivity contribution in [3.8, 4) is 6.07 Å². The molecule has 0 aliphatic rings. The summed E-state index contributed by atoms with van der Waals surface area (Å²) in [5.41, 5.74) is 1.31. The zero-order valence-corrected chi connectivity index (χ0v) is 12.2. The van der Waals surface area contributed by atoms with Crippen LogP contribution in [0.25, 0.3) is 4.85 Å². The molecule has 0 aliphatic carbocycles. The fourth-order valence-corrected chi connectivity index (χ4v) is 2.98. The third-order valence-corrected chi connectivity index (χ3v) is 3.22. The van der Waals surface area contributed by atoms with Crippen LogP contribution in [0.15, 0.2) is 33.5 Å². The van der Waals surface area contributed by atoms with Crippen LogP contribution < -0.4 is 0 Å². The molecular weight excluding hydrogens is 360 g/mol. The number of hydrogen-bond donors (Lipinski definition) is 0. The van der Waals surface area contributed by atoms with Gasteiger partial charge in [0.15, 0.2) is 6.33 Å². The van der Waals surface area contributed by atoms with Crippen LogP contribution in [0.2, 0.25) is 0 Å². The molecule has 0 atom stereocenters. The van der Waals surface area contributed by atoms with E-state index in [2.05, 4.69) is 41.7 Å². The largest absolute Gasteiger partial charge is 0.358 e. The van der Waals surface area contributed by atoms with E-state index in [0.29, 0.717) is 12.2 Å². The quantitative estimate of drug-likeness (QED) is 0.758. The molecule has 0 spiro atoms. The maximum Gasteiger partial charge on any atom is 0.305 e. The summed E-state index contributed by atoms with van der Waals surface area (Å²) in [5, 5.41) is 9.03. The zero-order chi connectivity index (χ0) is 13.1. The Balaban J connectivity index is 2.38. The molecule has 0 radical (unpaired) electrons. The number of nitrogens with zero attached hydrogens (tertiary/aromatic N) is 4. The maximum absolute atomic E-state index is 9.03. The van der Waals surface area contributed by atoms with Gasteiger partial charge in [0.2, 0.25) is 0 Å². The minimum atomic E-state index is 0.145. The monoisotopic (exact) mass is 364 g/mol. The van der Waals surface area contributed by atoms with Gasteiger partial charge in [0.05, 0.1) is 6.54 Å². The highest BCUT2D eigenvalue weighted by atomic mass is 79.9. The number of aromatic nitrogens is 2. The molecule has 6 heteroatoms. The number of hydrogen-bond acceptors (Lipinski definition) is 2. The summed E-state index contributed by atoms with van der Waals surface area (Å²) < 4.78 is 3.58. The van der Waals surface area contributed by atoms with Crippen LogP contribution in [0.4, 0.5) is 5.82 Å². The molecule has 0 amide bonds. The van der Waals surface area contributed by atoms with Crippen LogP contribution in [-0.4, -0.2) is 9.55 Å². The van der Waals surface area contributed by atoms with Crippen LogP contribution in [0, 0.1) is 17.9 Å². The van der Waals surface area contributed by atoms with E-state index >= 15 is 0 Å². The number of rotatable bonds is 2. The molecule has 0 aliphatic heterocycles. The Kier molecular flexibility index (Phi) is 3.81. The lowest BCUT2D eigenvalue weighted by Gasteiger charge is -2.05. The van der Waals surface area contributed by atoms with E-state index in [0.717, 1.165) is 14.5 Å². The van der Waals surface area contributed by atoms with Gasteiger partial charge in [-0.25, -0.2) is 0 Å². The van der Waals surface area contributed by atoms with E-state index < -0.39 is 0 Å². The molecule has 1 heterocycles. The van der Waals surface area contributed by atoms with E-state index in [1.54, 1.807) is 4.57 Å². The Bertz CT molecular complexity index is 656. The highest BCUT2D eigenvalue weighted by Crippen LogP contribution is 2.22. The average Bonchev–Trinajstić information content (AvgIpc) is 2.69. The first-order valence-corrected chi connectivity index (χ1v) is 6.50. The molecule has 1 aromatic heterocycles. The molecule has 0 saturated carbocycles.